The highest BCUT2D eigenvalue weighted by Gasteiger charge is 2.69. The van der Waals surface area contributed by atoms with Gasteiger partial charge in [-0.25, -0.2) is 4.79 Å². The van der Waals surface area contributed by atoms with Gasteiger partial charge in [0.15, 0.2) is 0 Å². The summed E-state index contributed by atoms with van der Waals surface area (Å²) in [4.78, 5) is 67.3. The van der Waals surface area contributed by atoms with Gasteiger partial charge in [0, 0.05) is 20.2 Å². The Morgan fingerprint density at radius 3 is 2.30 bits per heavy atom. The Bertz CT molecular complexity index is 999. The molecule has 1 aliphatic heterocycles. The predicted molar refractivity (Wildman–Crippen MR) is 148 cm³/mol. The molecule has 3 N–H and O–H groups in total. The minimum absolute atomic E-state index is 0.0706. The molecule has 4 amide bonds. The average Bonchev–Trinajstić information content (AvgIpc) is 3.21. The maximum Gasteiger partial charge on any atom is 0.408 e. The minimum atomic E-state index is -1.21. The molecule has 11 heteroatoms. The number of carbonyl (C=O) groups excluding carboxylic acids is 5. The van der Waals surface area contributed by atoms with Crippen molar-refractivity contribution >= 4 is 29.6 Å². The Hall–Kier alpha value is -2.95. The van der Waals surface area contributed by atoms with E-state index >= 15 is 0 Å². The number of hydrogen-bond donors (Lipinski definition) is 3. The number of carbonyl (C=O) groups is 5. The van der Waals surface area contributed by atoms with Gasteiger partial charge in [-0.15, -0.1) is 6.58 Å². The number of ether oxygens (including phenoxy) is 2. The van der Waals surface area contributed by atoms with Crippen LogP contribution in [-0.4, -0.2) is 85.0 Å². The molecule has 3 unspecified atom stereocenters. The Morgan fingerprint density at radius 2 is 1.73 bits per heavy atom. The normalized spacial score (nSPS) is 25.1. The largest absolute Gasteiger partial charge is 0.444 e. The zero-order valence-corrected chi connectivity index (χ0v) is 24.7. The van der Waals surface area contributed by atoms with Crippen LogP contribution in [0.4, 0.5) is 4.79 Å². The van der Waals surface area contributed by atoms with Crippen molar-refractivity contribution in [3.63, 3.8) is 0 Å². The van der Waals surface area contributed by atoms with E-state index in [1.54, 1.807) is 25.7 Å². The third kappa shape index (κ3) is 7.21. The van der Waals surface area contributed by atoms with Gasteiger partial charge >= 0.3 is 6.09 Å². The lowest BCUT2D eigenvalue weighted by Crippen LogP contribution is -2.60. The second kappa shape index (κ2) is 12.7. The van der Waals surface area contributed by atoms with E-state index in [4.69, 9.17) is 9.47 Å². The van der Waals surface area contributed by atoms with Crippen molar-refractivity contribution < 1.29 is 33.4 Å². The van der Waals surface area contributed by atoms with Crippen molar-refractivity contribution in [1.29, 1.82) is 0 Å². The summed E-state index contributed by atoms with van der Waals surface area (Å²) in [6.07, 6.45) is 5.35. The molecule has 0 bridgehead atoms. The first-order chi connectivity index (χ1) is 18.7. The molecule has 2 saturated carbocycles. The monoisotopic (exact) mass is 562 g/mol. The van der Waals surface area contributed by atoms with Crippen LogP contribution in [0.15, 0.2) is 12.7 Å². The number of Topliss-reactive ketones (excluding diaryl/α,β-unsaturated/α-hetero) is 1. The first-order valence-corrected chi connectivity index (χ1v) is 14.2. The zero-order chi connectivity index (χ0) is 29.8. The molecule has 40 heavy (non-hydrogen) atoms. The molecular formula is C29H46N4O7. The predicted octanol–water partition coefficient (Wildman–Crippen LogP) is 1.95. The van der Waals surface area contributed by atoms with Crippen LogP contribution in [0.25, 0.3) is 0 Å². The zero-order valence-electron chi connectivity index (χ0n) is 24.7. The van der Waals surface area contributed by atoms with Gasteiger partial charge < -0.3 is 30.3 Å². The van der Waals surface area contributed by atoms with E-state index in [0.29, 0.717) is 6.54 Å². The van der Waals surface area contributed by atoms with E-state index in [0.717, 1.165) is 32.1 Å². The number of likely N-dealkylation sites (tertiary alicyclic amines) is 1. The number of ketones is 1. The summed E-state index contributed by atoms with van der Waals surface area (Å²) in [6.45, 7) is 13.2. The summed E-state index contributed by atoms with van der Waals surface area (Å²) in [5.41, 5.74) is -0.896. The van der Waals surface area contributed by atoms with Gasteiger partial charge in [-0.1, -0.05) is 39.2 Å². The minimum Gasteiger partial charge on any atom is -0.444 e. The highest BCUT2D eigenvalue weighted by atomic mass is 16.6. The topological polar surface area (TPSA) is 143 Å². The summed E-state index contributed by atoms with van der Waals surface area (Å²) < 4.78 is 10.6. The summed E-state index contributed by atoms with van der Waals surface area (Å²) in [5.74, 6) is -2.61. The summed E-state index contributed by atoms with van der Waals surface area (Å²) in [6, 6.07) is -2.89. The van der Waals surface area contributed by atoms with E-state index in [1.807, 2.05) is 0 Å². The van der Waals surface area contributed by atoms with Crippen LogP contribution >= 0.6 is 0 Å². The molecule has 0 spiro atoms. The molecule has 3 rings (SSSR count). The van der Waals surface area contributed by atoms with Crippen molar-refractivity contribution in [3.8, 4) is 0 Å². The van der Waals surface area contributed by atoms with E-state index < -0.39 is 47.4 Å². The maximum atomic E-state index is 14.1. The quantitative estimate of drug-likeness (QED) is 0.258. The average molecular weight is 563 g/mol. The lowest BCUT2D eigenvalue weighted by molar-refractivity contribution is -0.145. The number of nitrogens with one attached hydrogen (secondary N) is 3. The van der Waals surface area contributed by atoms with Crippen LogP contribution in [0.5, 0.6) is 0 Å². The van der Waals surface area contributed by atoms with E-state index in [1.165, 1.54) is 13.2 Å². The van der Waals surface area contributed by atoms with Gasteiger partial charge in [-0.3, -0.25) is 19.2 Å². The highest BCUT2D eigenvalue weighted by Crippen LogP contribution is 2.65. The number of hydrogen-bond acceptors (Lipinski definition) is 7. The second-order valence-electron chi connectivity index (χ2n) is 12.8. The molecule has 1 heterocycles. The van der Waals surface area contributed by atoms with Crippen molar-refractivity contribution in [2.24, 2.45) is 23.2 Å². The molecule has 3 aliphatic rings. The summed E-state index contributed by atoms with van der Waals surface area (Å²) in [5, 5.41) is 7.93. The number of piperidine rings is 1. The van der Waals surface area contributed by atoms with Crippen LogP contribution < -0.4 is 16.0 Å². The Labute approximate surface area is 237 Å². The lowest BCUT2D eigenvalue weighted by atomic mass is 9.83. The SMILES string of the molecule is C=CCNC(=O)C(=O)C(COC)NC(=O)[C@@H]1C2C(CN1C(=O)[C@@H](NC(=O)OC(C)(C)C)C1CCCCC1)C2(C)C. The fourth-order valence-corrected chi connectivity index (χ4v) is 6.29. The van der Waals surface area contributed by atoms with Crippen molar-refractivity contribution in [2.45, 2.75) is 90.4 Å². The number of nitrogens with zero attached hydrogens (tertiary/aromatic N) is 1. The van der Waals surface area contributed by atoms with E-state index in [-0.39, 0.29) is 42.2 Å². The van der Waals surface area contributed by atoms with Gasteiger partial charge in [0.2, 0.25) is 17.6 Å². The Balaban J connectivity index is 1.83. The van der Waals surface area contributed by atoms with Crippen LogP contribution in [0.2, 0.25) is 0 Å². The fourth-order valence-electron chi connectivity index (χ4n) is 6.29. The van der Waals surface area contributed by atoms with Crippen LogP contribution in [0, 0.1) is 23.2 Å². The molecule has 2 aliphatic carbocycles. The first-order valence-electron chi connectivity index (χ1n) is 14.2. The second-order valence-corrected chi connectivity index (χ2v) is 12.8. The molecule has 11 nitrogen and oxygen atoms in total. The van der Waals surface area contributed by atoms with Crippen molar-refractivity contribution in [1.82, 2.24) is 20.9 Å². The van der Waals surface area contributed by atoms with Gasteiger partial charge in [0.25, 0.3) is 5.91 Å². The van der Waals surface area contributed by atoms with Crippen molar-refractivity contribution in [3.05, 3.63) is 12.7 Å². The smallest absolute Gasteiger partial charge is 0.408 e. The van der Waals surface area contributed by atoms with Gasteiger partial charge in [-0.05, 0) is 56.8 Å². The van der Waals surface area contributed by atoms with Crippen LogP contribution in [-0.2, 0) is 28.7 Å². The molecule has 1 saturated heterocycles. The Kier molecular flexibility index (Phi) is 10.0. The van der Waals surface area contributed by atoms with Crippen molar-refractivity contribution in [2.75, 3.05) is 26.8 Å². The fraction of sp³-hybridized carbons (Fsp3) is 0.759. The first kappa shape index (κ1) is 31.6. The molecular weight excluding hydrogens is 516 g/mol. The standard InChI is InChI=1S/C29H46N4O7/c1-8-14-30-25(36)23(34)19(16-39-7)31-24(35)22-20-18(29(20,5)6)15-33(22)26(37)21(17-12-10-9-11-13-17)32-27(38)40-28(2,3)4/h8,17-22H,1,9-16H2,2-7H3,(H,30,36)(H,31,35)(H,32,38)/t18?,19?,20?,21-,22-/m0/s1. The third-order valence-electron chi connectivity index (χ3n) is 8.42. The number of alkyl carbamates (subject to hydrolysis) is 1. The molecule has 224 valence electrons. The lowest BCUT2D eigenvalue weighted by Gasteiger charge is -2.37. The van der Waals surface area contributed by atoms with Gasteiger partial charge in [0.05, 0.1) is 6.61 Å². The molecule has 0 aromatic heterocycles. The molecule has 0 radical (unpaired) electrons. The van der Waals surface area contributed by atoms with Gasteiger partial charge in [0.1, 0.15) is 23.7 Å². The molecule has 0 aromatic rings. The highest BCUT2D eigenvalue weighted by molar-refractivity contribution is 6.38. The van der Waals surface area contributed by atoms with Gasteiger partial charge in [-0.2, -0.15) is 0 Å². The number of rotatable bonds is 11. The molecule has 3 fully saturated rings. The van der Waals surface area contributed by atoms with E-state index in [9.17, 15) is 24.0 Å². The summed E-state index contributed by atoms with van der Waals surface area (Å²) in [7, 11) is 1.37. The van der Waals surface area contributed by atoms with Crippen LogP contribution in [0.1, 0.15) is 66.7 Å². The van der Waals surface area contributed by atoms with E-state index in [2.05, 4.69) is 36.4 Å². The third-order valence-corrected chi connectivity index (χ3v) is 8.42. The maximum absolute atomic E-state index is 14.1. The molecule has 0 aromatic carbocycles. The number of methoxy groups -OCH3 is 1. The Morgan fingerprint density at radius 1 is 1.07 bits per heavy atom. The summed E-state index contributed by atoms with van der Waals surface area (Å²) >= 11 is 0. The van der Waals surface area contributed by atoms with Crippen LogP contribution in [0.3, 0.4) is 0 Å². The number of amides is 4. The number of fused-ring (bicyclic) bond motifs is 1. The molecule has 5 atom stereocenters.